The molecule has 3 aromatic carbocycles. The molecule has 0 amide bonds. The lowest BCUT2D eigenvalue weighted by Gasteiger charge is -2.13. The van der Waals surface area contributed by atoms with E-state index in [4.69, 9.17) is 28.2 Å². The van der Waals surface area contributed by atoms with Gasteiger partial charge in [0.2, 0.25) is 5.95 Å². The van der Waals surface area contributed by atoms with Gasteiger partial charge in [-0.25, -0.2) is 4.98 Å². The van der Waals surface area contributed by atoms with Gasteiger partial charge in [0.1, 0.15) is 5.82 Å². The van der Waals surface area contributed by atoms with E-state index in [2.05, 4.69) is 15.6 Å². The van der Waals surface area contributed by atoms with Crippen LogP contribution in [0.15, 0.2) is 66.7 Å². The fraction of sp³-hybridized carbons (Fsp3) is 0.0909. The number of hydrogen-bond acceptors (Lipinski definition) is 4. The van der Waals surface area contributed by atoms with Crippen molar-refractivity contribution < 1.29 is 0 Å². The van der Waals surface area contributed by atoms with Gasteiger partial charge >= 0.3 is 0 Å². The summed E-state index contributed by atoms with van der Waals surface area (Å²) >= 11 is 12.3. The Balaban J connectivity index is 1.68. The van der Waals surface area contributed by atoms with Gasteiger partial charge in [0, 0.05) is 27.7 Å². The molecule has 0 saturated carbocycles. The number of para-hydroxylation sites is 1. The minimum atomic E-state index is 0.519. The number of hydrogen-bond donors (Lipinski definition) is 2. The van der Waals surface area contributed by atoms with Crippen LogP contribution in [0.25, 0.3) is 10.9 Å². The highest BCUT2D eigenvalue weighted by Crippen LogP contribution is 2.27. The van der Waals surface area contributed by atoms with Crippen LogP contribution in [0.1, 0.15) is 11.1 Å². The summed E-state index contributed by atoms with van der Waals surface area (Å²) in [5.41, 5.74) is 3.80. The Bertz CT molecular complexity index is 1140. The van der Waals surface area contributed by atoms with Gasteiger partial charge in [-0.2, -0.15) is 4.98 Å². The van der Waals surface area contributed by atoms with Crippen LogP contribution in [0.2, 0.25) is 10.0 Å². The molecule has 0 aliphatic carbocycles. The normalized spacial score (nSPS) is 10.8. The highest BCUT2D eigenvalue weighted by atomic mass is 35.5. The lowest BCUT2D eigenvalue weighted by Crippen LogP contribution is -2.06. The molecule has 2 N–H and O–H groups in total. The summed E-state index contributed by atoms with van der Waals surface area (Å²) in [6.45, 7) is 2.56. The van der Waals surface area contributed by atoms with Crippen molar-refractivity contribution in [2.75, 3.05) is 10.6 Å². The molecule has 0 aliphatic rings. The zero-order valence-corrected chi connectivity index (χ0v) is 16.7. The van der Waals surface area contributed by atoms with E-state index in [1.165, 1.54) is 0 Å². The molecule has 0 atom stereocenters. The zero-order valence-electron chi connectivity index (χ0n) is 15.2. The number of nitrogens with one attached hydrogen (secondary N) is 2. The topological polar surface area (TPSA) is 49.8 Å². The van der Waals surface area contributed by atoms with Gasteiger partial charge in [0.25, 0.3) is 0 Å². The van der Waals surface area contributed by atoms with Crippen LogP contribution >= 0.6 is 23.2 Å². The minimum absolute atomic E-state index is 0.519. The van der Waals surface area contributed by atoms with Gasteiger partial charge in [-0.1, -0.05) is 53.5 Å². The van der Waals surface area contributed by atoms with E-state index in [0.29, 0.717) is 17.5 Å². The molecule has 140 valence electrons. The molecule has 0 saturated heterocycles. The molecule has 6 heteroatoms. The summed E-state index contributed by atoms with van der Waals surface area (Å²) < 4.78 is 0. The molecule has 4 rings (SSSR count). The van der Waals surface area contributed by atoms with Crippen molar-refractivity contribution in [1.82, 2.24) is 9.97 Å². The number of benzene rings is 3. The Hall–Kier alpha value is -2.82. The Morgan fingerprint density at radius 2 is 1.68 bits per heavy atom. The highest BCUT2D eigenvalue weighted by molar-refractivity contribution is 6.31. The van der Waals surface area contributed by atoms with Gasteiger partial charge in [-0.15, -0.1) is 0 Å². The molecular formula is C22H18Cl2N4. The van der Waals surface area contributed by atoms with E-state index in [1.54, 1.807) is 0 Å². The second-order valence-corrected chi connectivity index (χ2v) is 7.29. The van der Waals surface area contributed by atoms with Crippen molar-refractivity contribution in [3.05, 3.63) is 87.9 Å². The number of rotatable bonds is 5. The number of nitrogens with zero attached hydrogens (tertiary/aromatic N) is 2. The number of halogens is 2. The first-order valence-electron chi connectivity index (χ1n) is 8.87. The lowest BCUT2D eigenvalue weighted by atomic mass is 10.2. The number of anilines is 3. The van der Waals surface area contributed by atoms with Gasteiger partial charge in [0.15, 0.2) is 0 Å². The maximum Gasteiger partial charge on any atom is 0.229 e. The maximum atomic E-state index is 6.28. The first-order chi connectivity index (χ1) is 13.6. The zero-order chi connectivity index (χ0) is 19.5. The molecule has 0 unspecified atom stereocenters. The van der Waals surface area contributed by atoms with E-state index >= 15 is 0 Å². The molecule has 1 heterocycles. The summed E-state index contributed by atoms with van der Waals surface area (Å²) in [7, 11) is 0. The Morgan fingerprint density at radius 1 is 0.893 bits per heavy atom. The average Bonchev–Trinajstić information content (AvgIpc) is 2.69. The largest absolute Gasteiger partial charge is 0.365 e. The monoisotopic (exact) mass is 408 g/mol. The van der Waals surface area contributed by atoms with Crippen molar-refractivity contribution in [1.29, 1.82) is 0 Å². The molecule has 0 bridgehead atoms. The molecule has 0 fully saturated rings. The maximum absolute atomic E-state index is 6.28. The summed E-state index contributed by atoms with van der Waals surface area (Å²) in [4.78, 5) is 9.34. The second-order valence-electron chi connectivity index (χ2n) is 6.44. The molecule has 28 heavy (non-hydrogen) atoms. The number of fused-ring (bicyclic) bond motifs is 1. The summed E-state index contributed by atoms with van der Waals surface area (Å²) in [6.07, 6.45) is 0. The Labute approximate surface area is 173 Å². The van der Waals surface area contributed by atoms with Crippen molar-refractivity contribution in [2.24, 2.45) is 0 Å². The fourth-order valence-electron chi connectivity index (χ4n) is 2.98. The smallest absolute Gasteiger partial charge is 0.229 e. The van der Waals surface area contributed by atoms with Crippen molar-refractivity contribution >= 4 is 51.6 Å². The van der Waals surface area contributed by atoms with Gasteiger partial charge in [-0.3, -0.25) is 0 Å². The number of aromatic nitrogens is 2. The Morgan fingerprint density at radius 3 is 2.50 bits per heavy atom. The van der Waals surface area contributed by atoms with Crippen molar-refractivity contribution in [2.45, 2.75) is 13.5 Å². The van der Waals surface area contributed by atoms with Crippen LogP contribution in [0.5, 0.6) is 0 Å². The predicted octanol–water partition coefficient (Wildman–Crippen LogP) is 6.60. The summed E-state index contributed by atoms with van der Waals surface area (Å²) in [5, 5.41) is 9.07. The van der Waals surface area contributed by atoms with Crippen molar-refractivity contribution in [3.63, 3.8) is 0 Å². The summed E-state index contributed by atoms with van der Waals surface area (Å²) in [5.74, 6) is 1.27. The predicted molar refractivity (Wildman–Crippen MR) is 118 cm³/mol. The molecule has 4 aromatic rings. The standard InChI is InChI=1S/C22H18Cl2N4/c1-14-12-16(23)10-11-19(14)26-22-27-20-9-5-3-7-17(20)21(28-22)25-13-15-6-2-4-8-18(15)24/h2-12H,13H2,1H3,(H2,25,26,27,28). The molecule has 1 aromatic heterocycles. The quantitative estimate of drug-likeness (QED) is 0.390. The first kappa shape index (κ1) is 18.5. The summed E-state index contributed by atoms with van der Waals surface area (Å²) in [6, 6.07) is 21.3. The minimum Gasteiger partial charge on any atom is -0.365 e. The van der Waals surface area contributed by atoms with Crippen molar-refractivity contribution in [3.8, 4) is 0 Å². The van der Waals surface area contributed by atoms with Crippen LogP contribution < -0.4 is 10.6 Å². The average molecular weight is 409 g/mol. The van der Waals surface area contributed by atoms with Crippen LogP contribution in [-0.2, 0) is 6.54 Å². The molecule has 0 spiro atoms. The van der Waals surface area contributed by atoms with E-state index < -0.39 is 0 Å². The molecular weight excluding hydrogens is 391 g/mol. The van der Waals surface area contributed by atoms with Gasteiger partial charge < -0.3 is 10.6 Å². The van der Waals surface area contributed by atoms with Crippen LogP contribution in [-0.4, -0.2) is 9.97 Å². The third-order valence-corrected chi connectivity index (χ3v) is 5.05. The SMILES string of the molecule is Cc1cc(Cl)ccc1Nc1nc(NCc2ccccc2Cl)c2ccccc2n1. The van der Waals surface area contributed by atoms with E-state index in [0.717, 1.165) is 38.6 Å². The lowest BCUT2D eigenvalue weighted by molar-refractivity contribution is 1.10. The first-order valence-corrected chi connectivity index (χ1v) is 9.63. The van der Waals surface area contributed by atoms with E-state index in [1.807, 2.05) is 73.7 Å². The van der Waals surface area contributed by atoms with Gasteiger partial charge in [-0.05, 0) is 54.4 Å². The van der Waals surface area contributed by atoms with Gasteiger partial charge in [0.05, 0.1) is 5.52 Å². The fourth-order valence-corrected chi connectivity index (χ4v) is 3.40. The second kappa shape index (κ2) is 8.05. The van der Waals surface area contributed by atoms with Crippen LogP contribution in [0.3, 0.4) is 0 Å². The Kier molecular flexibility index (Phi) is 5.33. The molecule has 0 aliphatic heterocycles. The van der Waals surface area contributed by atoms with E-state index in [9.17, 15) is 0 Å². The number of aryl methyl sites for hydroxylation is 1. The highest BCUT2D eigenvalue weighted by Gasteiger charge is 2.10. The van der Waals surface area contributed by atoms with E-state index in [-0.39, 0.29) is 0 Å². The molecule has 4 nitrogen and oxygen atoms in total. The molecule has 0 radical (unpaired) electrons. The third-order valence-electron chi connectivity index (χ3n) is 4.44. The van der Waals surface area contributed by atoms with Crippen LogP contribution in [0, 0.1) is 6.92 Å². The third kappa shape index (κ3) is 4.03. The van der Waals surface area contributed by atoms with Crippen LogP contribution in [0.4, 0.5) is 17.5 Å².